The average Bonchev–Trinajstić information content (AvgIpc) is 3.44. The van der Waals surface area contributed by atoms with E-state index in [1.807, 2.05) is 30.3 Å². The Kier molecular flexibility index (Phi) is 19.1. The highest BCUT2D eigenvalue weighted by Crippen LogP contribution is 2.45. The van der Waals surface area contributed by atoms with E-state index in [0.29, 0.717) is 97.5 Å². The minimum atomic E-state index is -1.04. The van der Waals surface area contributed by atoms with Crippen LogP contribution < -0.4 is 18.9 Å². The van der Waals surface area contributed by atoms with Gasteiger partial charge in [-0.15, -0.1) is 0 Å². The molecule has 0 aromatic heterocycles. The molecule has 10 nitrogen and oxygen atoms in total. The van der Waals surface area contributed by atoms with Gasteiger partial charge in [-0.2, -0.15) is 0 Å². The molecule has 0 unspecified atom stereocenters. The second kappa shape index (κ2) is 25.3. The predicted octanol–water partition coefficient (Wildman–Crippen LogP) is 15.0. The summed E-state index contributed by atoms with van der Waals surface area (Å²) in [6.07, 6.45) is 2.28. The highest BCUT2D eigenvalue weighted by Gasteiger charge is 2.32. The lowest BCUT2D eigenvalue weighted by Crippen LogP contribution is -2.22. The molecule has 0 saturated carbocycles. The van der Waals surface area contributed by atoms with Crippen LogP contribution in [0.15, 0.2) is 84.9 Å². The summed E-state index contributed by atoms with van der Waals surface area (Å²) in [5.41, 5.74) is 14.2. The number of rotatable bonds is 6. The second-order valence-corrected chi connectivity index (χ2v) is 27.3. The zero-order valence-corrected chi connectivity index (χ0v) is 51.5. The molecule has 0 spiro atoms. The third-order valence-corrected chi connectivity index (χ3v) is 15.5. The first-order chi connectivity index (χ1) is 38.1. The monoisotopic (exact) mass is 1100 g/mol. The van der Waals surface area contributed by atoms with Gasteiger partial charge in [0.25, 0.3) is 0 Å². The van der Waals surface area contributed by atoms with Gasteiger partial charge >= 0.3 is 5.97 Å². The van der Waals surface area contributed by atoms with Gasteiger partial charge in [0.05, 0.1) is 52.9 Å². The number of carboxylic acids is 1. The fourth-order valence-electron chi connectivity index (χ4n) is 11.1. The number of ether oxygens (including phenoxy) is 8. The van der Waals surface area contributed by atoms with Gasteiger partial charge in [-0.05, 0) is 122 Å². The van der Waals surface area contributed by atoms with Crippen molar-refractivity contribution in [3.05, 3.63) is 163 Å². The number of aromatic carboxylic acids is 1. The van der Waals surface area contributed by atoms with Gasteiger partial charge in [0.1, 0.15) is 55.0 Å². The topological polar surface area (TPSA) is 111 Å². The van der Waals surface area contributed by atoms with Crippen LogP contribution in [0.25, 0.3) is 10.8 Å². The molecule has 2 aliphatic rings. The first-order valence-electron chi connectivity index (χ1n) is 29.4. The third kappa shape index (κ3) is 15.6. The molecule has 10 heteroatoms. The maximum atomic E-state index is 12.7. The van der Waals surface area contributed by atoms with Crippen molar-refractivity contribution in [2.45, 2.75) is 157 Å². The van der Waals surface area contributed by atoms with E-state index in [2.05, 4.69) is 152 Å². The molecule has 10 bridgehead atoms. The van der Waals surface area contributed by atoms with Crippen LogP contribution in [0.2, 0.25) is 0 Å². The van der Waals surface area contributed by atoms with Crippen molar-refractivity contribution in [3.63, 3.8) is 0 Å². The molecular formula is C71H92O10. The number of hydrogen-bond acceptors (Lipinski definition) is 9. The van der Waals surface area contributed by atoms with Crippen LogP contribution in [0.3, 0.4) is 0 Å². The second-order valence-electron chi connectivity index (χ2n) is 27.3. The van der Waals surface area contributed by atoms with Gasteiger partial charge in [0, 0.05) is 25.7 Å². The van der Waals surface area contributed by atoms with Gasteiger partial charge in [0.15, 0.2) is 0 Å². The molecule has 0 fully saturated rings. The van der Waals surface area contributed by atoms with Crippen LogP contribution in [0, 0.1) is 0 Å². The molecule has 6 aromatic carbocycles. The Hall–Kier alpha value is -5.91. The first kappa shape index (κ1) is 61.2. The summed E-state index contributed by atoms with van der Waals surface area (Å²) in [5, 5.41) is 12.1. The summed E-state index contributed by atoms with van der Waals surface area (Å²) in [7, 11) is 0. The third-order valence-electron chi connectivity index (χ3n) is 15.5. The lowest BCUT2D eigenvalue weighted by atomic mass is 9.73. The maximum Gasteiger partial charge on any atom is 0.339 e. The van der Waals surface area contributed by atoms with E-state index < -0.39 is 5.97 Å². The van der Waals surface area contributed by atoms with E-state index in [0.717, 1.165) is 61.4 Å². The van der Waals surface area contributed by atoms with Crippen LogP contribution in [0.1, 0.15) is 187 Å². The van der Waals surface area contributed by atoms with Crippen LogP contribution >= 0.6 is 0 Å². The van der Waals surface area contributed by atoms with Crippen molar-refractivity contribution >= 4 is 16.7 Å². The Bertz CT molecular complexity index is 3170. The number of benzene rings is 6. The van der Waals surface area contributed by atoms with Crippen molar-refractivity contribution in [2.75, 3.05) is 79.3 Å². The fourth-order valence-corrected chi connectivity index (χ4v) is 11.1. The van der Waals surface area contributed by atoms with Gasteiger partial charge in [0.2, 0.25) is 0 Å². The van der Waals surface area contributed by atoms with Crippen molar-refractivity contribution in [1.82, 2.24) is 0 Å². The number of fused-ring (bicyclic) bond motifs is 5. The maximum absolute atomic E-state index is 12.7. The molecule has 6 aromatic rings. The zero-order valence-electron chi connectivity index (χ0n) is 51.5. The minimum absolute atomic E-state index is 0.113. The van der Waals surface area contributed by atoms with Gasteiger partial charge in [-0.25, -0.2) is 4.79 Å². The Balaban J connectivity index is 1.40. The lowest BCUT2D eigenvalue weighted by Gasteiger charge is -2.32. The van der Waals surface area contributed by atoms with Crippen LogP contribution in [0.4, 0.5) is 0 Å². The summed E-state index contributed by atoms with van der Waals surface area (Å²) >= 11 is 0. The molecule has 1 N–H and O–H groups in total. The zero-order chi connectivity index (χ0) is 58.5. The predicted molar refractivity (Wildman–Crippen MR) is 327 cm³/mol. The van der Waals surface area contributed by atoms with E-state index >= 15 is 0 Å². The highest BCUT2D eigenvalue weighted by atomic mass is 16.6. The summed E-state index contributed by atoms with van der Waals surface area (Å²) < 4.78 is 51.9. The summed E-state index contributed by atoms with van der Waals surface area (Å²) in [6, 6.07) is 30.3. The molecule has 0 radical (unpaired) electrons. The Morgan fingerprint density at radius 3 is 1.11 bits per heavy atom. The van der Waals surface area contributed by atoms with Crippen molar-refractivity contribution in [2.24, 2.45) is 0 Å². The molecule has 1 heterocycles. The van der Waals surface area contributed by atoms with E-state index in [-0.39, 0.29) is 45.9 Å². The average molecular weight is 1110 g/mol. The summed E-state index contributed by atoms with van der Waals surface area (Å²) in [4.78, 5) is 12.7. The van der Waals surface area contributed by atoms with Gasteiger partial charge in [-0.3, -0.25) is 0 Å². The number of carboxylic acid groups (broad SMARTS) is 1. The fraction of sp³-hybridized carbons (Fsp3) is 0.507. The molecule has 0 atom stereocenters. The van der Waals surface area contributed by atoms with Crippen molar-refractivity contribution < 1.29 is 47.8 Å². The molecule has 0 saturated heterocycles. The Labute approximate surface area is 484 Å². The van der Waals surface area contributed by atoms with E-state index in [4.69, 9.17) is 37.9 Å². The highest BCUT2D eigenvalue weighted by molar-refractivity contribution is 5.97. The molecular weight excluding hydrogens is 1010 g/mol. The molecule has 436 valence electrons. The quantitative estimate of drug-likeness (QED) is 0.162. The van der Waals surface area contributed by atoms with Crippen LogP contribution in [-0.2, 0) is 71.7 Å². The van der Waals surface area contributed by atoms with Gasteiger partial charge in [-0.1, -0.05) is 177 Å². The van der Waals surface area contributed by atoms with E-state index in [1.54, 1.807) is 6.07 Å². The molecule has 81 heavy (non-hydrogen) atoms. The van der Waals surface area contributed by atoms with Crippen molar-refractivity contribution in [3.8, 4) is 23.0 Å². The molecule has 1 aliphatic carbocycles. The summed E-state index contributed by atoms with van der Waals surface area (Å²) in [5.74, 6) is 1.76. The first-order valence-corrected chi connectivity index (χ1v) is 29.4. The summed E-state index contributed by atoms with van der Waals surface area (Å²) in [6.45, 7) is 39.0. The van der Waals surface area contributed by atoms with Crippen molar-refractivity contribution in [1.29, 1.82) is 0 Å². The molecule has 1 aliphatic heterocycles. The van der Waals surface area contributed by atoms with Crippen LogP contribution in [-0.4, -0.2) is 90.4 Å². The lowest BCUT2D eigenvalue weighted by molar-refractivity contribution is -0.00701. The Morgan fingerprint density at radius 2 is 0.728 bits per heavy atom. The SMILES string of the molecule is CC(C)(C)c1cc2c3c(c1)Cc1cc(C(C)(C)C)cc(c1OCCOc1cc4ccccc4cc1C(=O)O)Cc1cc(C(C)(C)C)cc(c1C(C)(C)C)Cc1cc(C(C)(C)C)cc(c1OCCOCCOCCOCCOCCO3)C2. The van der Waals surface area contributed by atoms with Gasteiger partial charge < -0.3 is 43.0 Å². The smallest absolute Gasteiger partial charge is 0.339 e. The normalized spacial score (nSPS) is 15.8. The van der Waals surface area contributed by atoms with E-state index in [9.17, 15) is 9.90 Å². The number of carbonyl (C=O) groups is 1. The minimum Gasteiger partial charge on any atom is -0.491 e. The molecule has 0 amide bonds. The largest absolute Gasteiger partial charge is 0.491 e. The standard InChI is InChI=1S/C71H92O10/c1-67(2,3)56-36-48-32-50-38-57(68(4,5)6)40-52-34-54-42-59(70(10,11)12)43-55(65(54)80-29-27-77-25-23-75-21-20-74-22-24-76-26-28-79-63(50)52)35-53-41-58(69(7,8)9)39-51(33-49(37-56)62(48)71(13,14)15)64(53)81-31-30-78-61-45-47-19-17-16-18-46(47)44-60(61)66(72)73/h16-19,36-45H,20-35H2,1-15H3,(H,72,73). The Morgan fingerprint density at radius 1 is 0.407 bits per heavy atom. The van der Waals surface area contributed by atoms with Crippen LogP contribution in [0.5, 0.6) is 23.0 Å². The van der Waals surface area contributed by atoms with E-state index in [1.165, 1.54) is 38.9 Å². The number of hydrogen-bond donors (Lipinski definition) is 1. The molecule has 8 rings (SSSR count).